The molecule has 1 N–H and O–H groups in total. The molecule has 0 aliphatic carbocycles. The Labute approximate surface area is 180 Å². The number of rotatable bonds is 5. The van der Waals surface area contributed by atoms with E-state index in [0.717, 1.165) is 8.47 Å². The van der Waals surface area contributed by atoms with Gasteiger partial charge in [0.2, 0.25) is 0 Å². The highest BCUT2D eigenvalue weighted by molar-refractivity contribution is 14.1. The van der Waals surface area contributed by atoms with E-state index in [1.807, 2.05) is 0 Å². The summed E-state index contributed by atoms with van der Waals surface area (Å²) in [5.41, 5.74) is 1.15. The number of amides is 2. The number of esters is 1. The highest BCUT2D eigenvalue weighted by Crippen LogP contribution is 2.30. The van der Waals surface area contributed by atoms with Crippen molar-refractivity contribution in [3.63, 3.8) is 0 Å². The summed E-state index contributed by atoms with van der Waals surface area (Å²) in [7, 11) is 0. The van der Waals surface area contributed by atoms with Crippen LogP contribution in [-0.2, 0) is 14.3 Å². The van der Waals surface area contributed by atoms with Crippen LogP contribution in [0.1, 0.15) is 24.2 Å². The normalized spacial score (nSPS) is 14.1. The maximum atomic E-state index is 12.8. The van der Waals surface area contributed by atoms with Crippen LogP contribution in [0.5, 0.6) is 0 Å². The molecule has 0 atom stereocenters. The maximum Gasteiger partial charge on any atom is 0.338 e. The van der Waals surface area contributed by atoms with Crippen LogP contribution in [0.2, 0.25) is 0 Å². The lowest BCUT2D eigenvalue weighted by Gasteiger charge is -2.15. The van der Waals surface area contributed by atoms with Gasteiger partial charge in [-0.25, -0.2) is 9.69 Å². The van der Waals surface area contributed by atoms with Gasteiger partial charge in [-0.1, -0.05) is 17.7 Å². The van der Waals surface area contributed by atoms with Crippen molar-refractivity contribution < 1.29 is 19.1 Å². The van der Waals surface area contributed by atoms with Gasteiger partial charge in [-0.05, 0) is 78.9 Å². The number of hydrogen-bond acceptors (Lipinski definition) is 5. The lowest BCUT2D eigenvalue weighted by atomic mass is 10.2. The molecule has 0 saturated carbocycles. The van der Waals surface area contributed by atoms with E-state index in [2.05, 4.69) is 27.9 Å². The van der Waals surface area contributed by atoms with Crippen molar-refractivity contribution in [1.29, 1.82) is 0 Å². The van der Waals surface area contributed by atoms with E-state index in [9.17, 15) is 14.4 Å². The zero-order valence-electron chi connectivity index (χ0n) is 15.0. The molecule has 2 amide bonds. The highest BCUT2D eigenvalue weighted by Gasteiger charge is 2.38. The van der Waals surface area contributed by atoms with Crippen molar-refractivity contribution in [2.24, 2.45) is 0 Å². The van der Waals surface area contributed by atoms with Gasteiger partial charge in [0.25, 0.3) is 11.8 Å². The molecule has 2 aromatic rings. The number of nitrogens with one attached hydrogen (secondary N) is 1. The minimum atomic E-state index is -0.606. The Hall–Kier alpha value is -2.39. The number of hydrogen-bond donors (Lipinski definition) is 1. The van der Waals surface area contributed by atoms with Crippen molar-refractivity contribution in [3.8, 4) is 0 Å². The van der Waals surface area contributed by atoms with Gasteiger partial charge in [0, 0.05) is 9.26 Å². The molecular formula is C20H16ClIN2O4. The summed E-state index contributed by atoms with van der Waals surface area (Å²) in [4.78, 5) is 38.4. The summed E-state index contributed by atoms with van der Waals surface area (Å²) >= 11 is 8.27. The Morgan fingerprint density at radius 3 is 2.43 bits per heavy atom. The minimum Gasteiger partial charge on any atom is -0.459 e. The van der Waals surface area contributed by atoms with Gasteiger partial charge < -0.3 is 10.1 Å². The number of anilines is 2. The zero-order chi connectivity index (χ0) is 20.4. The van der Waals surface area contributed by atoms with Crippen molar-refractivity contribution in [2.45, 2.75) is 20.0 Å². The molecule has 1 aliphatic rings. The summed E-state index contributed by atoms with van der Waals surface area (Å²) in [6, 6.07) is 13.4. The second kappa shape index (κ2) is 8.32. The summed E-state index contributed by atoms with van der Waals surface area (Å²) < 4.78 is 6.15. The number of benzene rings is 2. The van der Waals surface area contributed by atoms with Crippen molar-refractivity contribution in [3.05, 3.63) is 68.4 Å². The van der Waals surface area contributed by atoms with E-state index in [4.69, 9.17) is 16.3 Å². The van der Waals surface area contributed by atoms with Gasteiger partial charge in [0.15, 0.2) is 0 Å². The largest absolute Gasteiger partial charge is 0.459 e. The molecule has 1 aliphatic heterocycles. The fourth-order valence-corrected chi connectivity index (χ4v) is 3.16. The molecule has 8 heteroatoms. The first-order valence-corrected chi connectivity index (χ1v) is 9.86. The third kappa shape index (κ3) is 4.20. The first-order valence-electron chi connectivity index (χ1n) is 8.40. The molecule has 0 bridgehead atoms. The van der Waals surface area contributed by atoms with E-state index >= 15 is 0 Å². The standard InChI is InChI=1S/C20H16ClIN2O4/c1-11(2)28-20(27)12-4-3-5-14(10-12)23-17-16(21)18(25)24(19(17)26)15-8-6-13(22)7-9-15/h3-11,23H,1-2H3. The predicted octanol–water partition coefficient (Wildman–Crippen LogP) is 4.29. The Balaban J connectivity index is 1.84. The van der Waals surface area contributed by atoms with Crippen LogP contribution in [0, 0.1) is 3.57 Å². The molecule has 6 nitrogen and oxygen atoms in total. The van der Waals surface area contributed by atoms with Crippen molar-refractivity contribution in [1.82, 2.24) is 0 Å². The number of carbonyl (C=O) groups excluding carboxylic acids is 3. The van der Waals surface area contributed by atoms with E-state index < -0.39 is 17.8 Å². The highest BCUT2D eigenvalue weighted by atomic mass is 127. The smallest absolute Gasteiger partial charge is 0.338 e. The van der Waals surface area contributed by atoms with Gasteiger partial charge in [0.05, 0.1) is 17.4 Å². The van der Waals surface area contributed by atoms with Crippen LogP contribution in [0.25, 0.3) is 0 Å². The summed E-state index contributed by atoms with van der Waals surface area (Å²) in [5.74, 6) is -1.65. The molecule has 0 fully saturated rings. The quantitative estimate of drug-likeness (QED) is 0.369. The van der Waals surface area contributed by atoms with Crippen molar-refractivity contribution >= 4 is 63.4 Å². The fraction of sp³-hybridized carbons (Fsp3) is 0.150. The van der Waals surface area contributed by atoms with Crippen LogP contribution >= 0.6 is 34.2 Å². The van der Waals surface area contributed by atoms with Gasteiger partial charge in [0.1, 0.15) is 10.7 Å². The summed E-state index contributed by atoms with van der Waals surface area (Å²) in [6.07, 6.45) is -0.252. The van der Waals surface area contributed by atoms with Crippen LogP contribution in [0.3, 0.4) is 0 Å². The molecule has 3 rings (SSSR count). The Morgan fingerprint density at radius 1 is 1.11 bits per heavy atom. The first kappa shape index (κ1) is 20.3. The van der Waals surface area contributed by atoms with E-state index in [1.54, 1.807) is 56.3 Å². The van der Waals surface area contributed by atoms with Crippen LogP contribution < -0.4 is 10.2 Å². The Bertz CT molecular complexity index is 986. The first-order chi connectivity index (χ1) is 13.3. The number of halogens is 2. The van der Waals surface area contributed by atoms with E-state index in [0.29, 0.717) is 16.9 Å². The fourth-order valence-electron chi connectivity index (χ4n) is 2.59. The number of ether oxygens (including phenoxy) is 1. The monoisotopic (exact) mass is 510 g/mol. The zero-order valence-corrected chi connectivity index (χ0v) is 17.9. The molecule has 28 heavy (non-hydrogen) atoms. The Morgan fingerprint density at radius 2 is 1.79 bits per heavy atom. The van der Waals surface area contributed by atoms with Crippen molar-refractivity contribution in [2.75, 3.05) is 10.2 Å². The van der Waals surface area contributed by atoms with Gasteiger partial charge in [-0.15, -0.1) is 0 Å². The molecule has 0 radical (unpaired) electrons. The number of nitrogens with zero attached hydrogens (tertiary/aromatic N) is 1. The second-order valence-electron chi connectivity index (χ2n) is 6.27. The molecular weight excluding hydrogens is 495 g/mol. The van der Waals surface area contributed by atoms with Gasteiger partial charge in [-0.2, -0.15) is 0 Å². The summed E-state index contributed by atoms with van der Waals surface area (Å²) in [5, 5.41) is 2.65. The Kier molecular flexibility index (Phi) is 6.04. The van der Waals surface area contributed by atoms with Crippen LogP contribution in [0.4, 0.5) is 11.4 Å². The number of imide groups is 1. The van der Waals surface area contributed by atoms with Gasteiger partial charge in [-0.3, -0.25) is 9.59 Å². The topological polar surface area (TPSA) is 75.7 Å². The third-order valence-electron chi connectivity index (χ3n) is 3.82. The third-order valence-corrected chi connectivity index (χ3v) is 4.89. The molecule has 144 valence electrons. The predicted molar refractivity (Wildman–Crippen MR) is 115 cm³/mol. The molecule has 0 aromatic heterocycles. The lowest BCUT2D eigenvalue weighted by molar-refractivity contribution is -0.120. The minimum absolute atomic E-state index is 0.0420. The molecule has 0 unspecified atom stereocenters. The average molecular weight is 511 g/mol. The van der Waals surface area contributed by atoms with Gasteiger partial charge >= 0.3 is 5.97 Å². The molecule has 1 heterocycles. The average Bonchev–Trinajstić information content (AvgIpc) is 2.86. The number of carbonyl (C=O) groups is 3. The van der Waals surface area contributed by atoms with Crippen LogP contribution in [-0.4, -0.2) is 23.9 Å². The maximum absolute atomic E-state index is 12.8. The molecule has 0 spiro atoms. The molecule has 2 aromatic carbocycles. The summed E-state index contributed by atoms with van der Waals surface area (Å²) in [6.45, 7) is 3.51. The lowest BCUT2D eigenvalue weighted by Crippen LogP contribution is -2.32. The SMILES string of the molecule is CC(C)OC(=O)c1cccc(NC2=C(Cl)C(=O)N(c3ccc(I)cc3)C2=O)c1. The van der Waals surface area contributed by atoms with Crippen LogP contribution in [0.15, 0.2) is 59.3 Å². The molecule has 0 saturated heterocycles. The second-order valence-corrected chi connectivity index (χ2v) is 7.89. The van der Waals surface area contributed by atoms with E-state index in [-0.39, 0.29) is 16.8 Å². The van der Waals surface area contributed by atoms with E-state index in [1.165, 1.54) is 6.07 Å².